The number of nitrogens with two attached hydrogens (primary N) is 1. The third-order valence-electron chi connectivity index (χ3n) is 3.50. The van der Waals surface area contributed by atoms with Crippen molar-refractivity contribution >= 4 is 11.6 Å². The Kier molecular flexibility index (Phi) is 4.33. The van der Waals surface area contributed by atoms with Crippen molar-refractivity contribution in [3.8, 4) is 0 Å². The lowest BCUT2D eigenvalue weighted by Gasteiger charge is -2.30. The van der Waals surface area contributed by atoms with Crippen LogP contribution in [-0.4, -0.2) is 41.0 Å². The molecule has 18 heavy (non-hydrogen) atoms. The molecule has 1 aliphatic heterocycles. The Hall–Kier alpha value is -1.40. The van der Waals surface area contributed by atoms with Crippen molar-refractivity contribution in [3.63, 3.8) is 0 Å². The van der Waals surface area contributed by atoms with Crippen molar-refractivity contribution in [1.29, 1.82) is 0 Å². The molecule has 1 aromatic rings. The molecule has 0 bridgehead atoms. The minimum atomic E-state index is 0.493. The number of aromatic nitrogens is 2. The lowest BCUT2D eigenvalue weighted by molar-refractivity contribution is 0.263. The first-order chi connectivity index (χ1) is 8.74. The third kappa shape index (κ3) is 2.88. The van der Waals surface area contributed by atoms with E-state index in [-0.39, 0.29) is 0 Å². The quantitative estimate of drug-likeness (QED) is 0.542. The van der Waals surface area contributed by atoms with Gasteiger partial charge >= 0.3 is 0 Å². The normalized spacial score (nSPS) is 17.7. The summed E-state index contributed by atoms with van der Waals surface area (Å²) >= 11 is 0. The van der Waals surface area contributed by atoms with Crippen LogP contribution in [0.1, 0.15) is 25.3 Å². The first-order valence-electron chi connectivity index (χ1n) is 6.50. The van der Waals surface area contributed by atoms with Gasteiger partial charge in [-0.3, -0.25) is 0 Å². The smallest absolute Gasteiger partial charge is 0.148 e. The molecule has 1 aromatic heterocycles. The molecule has 6 heteroatoms. The summed E-state index contributed by atoms with van der Waals surface area (Å²) in [7, 11) is 2.16. The lowest BCUT2D eigenvalue weighted by Crippen LogP contribution is -2.37. The average molecular weight is 250 g/mol. The average Bonchev–Trinajstić information content (AvgIpc) is 2.41. The Bertz CT molecular complexity index is 386. The second-order valence-electron chi connectivity index (χ2n) is 4.77. The summed E-state index contributed by atoms with van der Waals surface area (Å²) in [6, 6.07) is 0.493. The van der Waals surface area contributed by atoms with Crippen LogP contribution in [0.15, 0.2) is 6.33 Å². The maximum Gasteiger partial charge on any atom is 0.148 e. The van der Waals surface area contributed by atoms with Crippen LogP contribution in [0.5, 0.6) is 0 Å². The highest BCUT2D eigenvalue weighted by Crippen LogP contribution is 2.22. The number of nitrogens with one attached hydrogen (secondary N) is 2. The number of hydrazine groups is 1. The first kappa shape index (κ1) is 13.0. The van der Waals surface area contributed by atoms with Crippen molar-refractivity contribution in [2.75, 3.05) is 30.9 Å². The SMILES string of the molecule is CCc1c(NN)ncnc1NC1CCN(C)CC1. The van der Waals surface area contributed by atoms with Gasteiger partial charge in [0.25, 0.3) is 0 Å². The molecule has 0 amide bonds. The Morgan fingerprint density at radius 3 is 2.61 bits per heavy atom. The van der Waals surface area contributed by atoms with Gasteiger partial charge < -0.3 is 15.6 Å². The van der Waals surface area contributed by atoms with Gasteiger partial charge in [0.15, 0.2) is 0 Å². The number of piperidine rings is 1. The fourth-order valence-electron chi connectivity index (χ4n) is 2.34. The Morgan fingerprint density at radius 1 is 1.33 bits per heavy atom. The van der Waals surface area contributed by atoms with E-state index in [1.807, 2.05) is 0 Å². The summed E-state index contributed by atoms with van der Waals surface area (Å²) < 4.78 is 0. The maximum atomic E-state index is 5.47. The highest BCUT2D eigenvalue weighted by molar-refractivity contribution is 5.57. The molecule has 1 aliphatic rings. The van der Waals surface area contributed by atoms with Gasteiger partial charge in [-0.1, -0.05) is 6.92 Å². The maximum absolute atomic E-state index is 5.47. The number of nitrogens with zero attached hydrogens (tertiary/aromatic N) is 3. The number of hydrogen-bond acceptors (Lipinski definition) is 6. The zero-order valence-electron chi connectivity index (χ0n) is 11.1. The number of likely N-dealkylation sites (tertiary alicyclic amines) is 1. The monoisotopic (exact) mass is 250 g/mol. The molecule has 6 nitrogen and oxygen atoms in total. The third-order valence-corrected chi connectivity index (χ3v) is 3.50. The Balaban J connectivity index is 2.09. The summed E-state index contributed by atoms with van der Waals surface area (Å²) in [5.41, 5.74) is 3.69. The Labute approximate surface area is 108 Å². The summed E-state index contributed by atoms with van der Waals surface area (Å²) in [5.74, 6) is 7.09. The molecule has 4 N–H and O–H groups in total. The second kappa shape index (κ2) is 5.97. The molecular weight excluding hydrogens is 228 g/mol. The first-order valence-corrected chi connectivity index (χ1v) is 6.50. The fraction of sp³-hybridized carbons (Fsp3) is 0.667. The number of rotatable bonds is 4. The van der Waals surface area contributed by atoms with E-state index >= 15 is 0 Å². The van der Waals surface area contributed by atoms with Gasteiger partial charge in [-0.05, 0) is 39.4 Å². The molecule has 0 spiro atoms. The van der Waals surface area contributed by atoms with Gasteiger partial charge in [-0.25, -0.2) is 15.8 Å². The van der Waals surface area contributed by atoms with Crippen molar-refractivity contribution in [2.24, 2.45) is 5.84 Å². The van der Waals surface area contributed by atoms with Gasteiger partial charge in [-0.15, -0.1) is 0 Å². The van der Waals surface area contributed by atoms with E-state index in [9.17, 15) is 0 Å². The van der Waals surface area contributed by atoms with E-state index < -0.39 is 0 Å². The van der Waals surface area contributed by atoms with E-state index in [4.69, 9.17) is 5.84 Å². The molecule has 1 fully saturated rings. The van der Waals surface area contributed by atoms with Crippen LogP contribution in [0.3, 0.4) is 0 Å². The largest absolute Gasteiger partial charge is 0.367 e. The van der Waals surface area contributed by atoms with Crippen LogP contribution < -0.4 is 16.6 Å². The zero-order chi connectivity index (χ0) is 13.0. The lowest BCUT2D eigenvalue weighted by atomic mass is 10.1. The molecule has 0 unspecified atom stereocenters. The number of hydrogen-bond donors (Lipinski definition) is 3. The summed E-state index contributed by atoms with van der Waals surface area (Å²) in [4.78, 5) is 10.8. The minimum Gasteiger partial charge on any atom is -0.367 e. The number of anilines is 2. The zero-order valence-corrected chi connectivity index (χ0v) is 11.1. The van der Waals surface area contributed by atoms with Gasteiger partial charge in [0, 0.05) is 11.6 Å². The molecule has 0 radical (unpaired) electrons. The highest BCUT2D eigenvalue weighted by Gasteiger charge is 2.18. The van der Waals surface area contributed by atoms with Crippen molar-refractivity contribution in [2.45, 2.75) is 32.2 Å². The van der Waals surface area contributed by atoms with Gasteiger partial charge in [0.05, 0.1) is 0 Å². The molecule has 2 rings (SSSR count). The fourth-order valence-corrected chi connectivity index (χ4v) is 2.34. The molecular formula is C12H22N6. The molecule has 0 aliphatic carbocycles. The van der Waals surface area contributed by atoms with Crippen molar-refractivity contribution in [1.82, 2.24) is 14.9 Å². The van der Waals surface area contributed by atoms with E-state index in [0.29, 0.717) is 11.9 Å². The Morgan fingerprint density at radius 2 is 2.00 bits per heavy atom. The van der Waals surface area contributed by atoms with Gasteiger partial charge in [0.2, 0.25) is 0 Å². The van der Waals surface area contributed by atoms with Crippen molar-refractivity contribution < 1.29 is 0 Å². The van der Waals surface area contributed by atoms with Crippen LogP contribution in [-0.2, 0) is 6.42 Å². The minimum absolute atomic E-state index is 0.493. The van der Waals surface area contributed by atoms with Crippen LogP contribution >= 0.6 is 0 Å². The molecule has 1 saturated heterocycles. The molecule has 0 atom stereocenters. The van der Waals surface area contributed by atoms with Gasteiger partial charge in [0.1, 0.15) is 18.0 Å². The summed E-state index contributed by atoms with van der Waals surface area (Å²) in [5, 5.41) is 3.52. The molecule has 0 aromatic carbocycles. The standard InChI is InChI=1S/C12H22N6/c1-3-10-11(14-8-15-12(10)17-13)16-9-4-6-18(2)7-5-9/h8-9H,3-7,13H2,1-2H3,(H2,14,15,16,17). The summed E-state index contributed by atoms with van der Waals surface area (Å²) in [6.45, 7) is 4.35. The van der Waals surface area contributed by atoms with E-state index in [2.05, 4.69) is 39.6 Å². The second-order valence-corrected chi connectivity index (χ2v) is 4.77. The highest BCUT2D eigenvalue weighted by atomic mass is 15.3. The van der Waals surface area contributed by atoms with Crippen LogP contribution in [0.4, 0.5) is 11.6 Å². The van der Waals surface area contributed by atoms with Crippen LogP contribution in [0.2, 0.25) is 0 Å². The molecule has 2 heterocycles. The van der Waals surface area contributed by atoms with E-state index in [1.54, 1.807) is 6.33 Å². The van der Waals surface area contributed by atoms with Gasteiger partial charge in [-0.2, -0.15) is 0 Å². The molecule has 100 valence electrons. The van der Waals surface area contributed by atoms with E-state index in [0.717, 1.165) is 43.7 Å². The van der Waals surface area contributed by atoms with Crippen molar-refractivity contribution in [3.05, 3.63) is 11.9 Å². The predicted octanol–water partition coefficient (Wildman–Crippen LogP) is 0.831. The predicted molar refractivity (Wildman–Crippen MR) is 73.4 cm³/mol. The van der Waals surface area contributed by atoms with Crippen LogP contribution in [0, 0.1) is 0 Å². The summed E-state index contributed by atoms with van der Waals surface area (Å²) in [6.07, 6.45) is 4.70. The van der Waals surface area contributed by atoms with Crippen LogP contribution in [0.25, 0.3) is 0 Å². The van der Waals surface area contributed by atoms with E-state index in [1.165, 1.54) is 0 Å². The molecule has 0 saturated carbocycles. The number of nitrogen functional groups attached to an aromatic ring is 1. The topological polar surface area (TPSA) is 79.1 Å².